The van der Waals surface area contributed by atoms with Gasteiger partial charge in [-0.15, -0.1) is 24.0 Å². The van der Waals surface area contributed by atoms with Crippen LogP contribution in [0, 0.1) is 13.8 Å². The van der Waals surface area contributed by atoms with Crippen molar-refractivity contribution in [3.63, 3.8) is 0 Å². The smallest absolute Gasteiger partial charge is 0.191 e. The van der Waals surface area contributed by atoms with Crippen molar-refractivity contribution in [3.8, 4) is 11.5 Å². The van der Waals surface area contributed by atoms with Crippen molar-refractivity contribution < 1.29 is 13.9 Å². The first kappa shape index (κ1) is 24.2. The van der Waals surface area contributed by atoms with E-state index in [1.165, 1.54) is 0 Å². The highest BCUT2D eigenvalue weighted by molar-refractivity contribution is 14.0. The first-order valence-corrected chi connectivity index (χ1v) is 10.1. The van der Waals surface area contributed by atoms with Gasteiger partial charge in [0.15, 0.2) is 5.96 Å². The number of hydrogen-bond acceptors (Lipinski definition) is 5. The third kappa shape index (κ3) is 6.20. The zero-order chi connectivity index (χ0) is 20.8. The number of guanidine groups is 1. The average Bonchev–Trinajstić information content (AvgIpc) is 3.31. The SMILES string of the molecule is CCNC(=NCc1cc(C)oc1C)NC1CCN(c2cc(OC)cc(OC)c2)C1.I. The van der Waals surface area contributed by atoms with Gasteiger partial charge in [0.1, 0.15) is 23.0 Å². The maximum absolute atomic E-state index is 5.60. The van der Waals surface area contributed by atoms with Crippen LogP contribution in [-0.2, 0) is 6.54 Å². The second kappa shape index (κ2) is 11.3. The summed E-state index contributed by atoms with van der Waals surface area (Å²) in [5, 5.41) is 6.92. The second-order valence-corrected chi connectivity index (χ2v) is 7.28. The van der Waals surface area contributed by atoms with Crippen molar-refractivity contribution in [2.45, 2.75) is 39.8 Å². The molecule has 2 N–H and O–H groups in total. The molecule has 1 aliphatic heterocycles. The number of furan rings is 1. The van der Waals surface area contributed by atoms with E-state index in [-0.39, 0.29) is 24.0 Å². The zero-order valence-corrected chi connectivity index (χ0v) is 20.8. The molecule has 0 radical (unpaired) electrons. The molecule has 166 valence electrons. The predicted octanol–water partition coefficient (Wildman–Crippen LogP) is 3.87. The van der Waals surface area contributed by atoms with E-state index in [1.54, 1.807) is 14.2 Å². The number of nitrogens with zero attached hydrogens (tertiary/aromatic N) is 2. The minimum absolute atomic E-state index is 0. The fourth-order valence-electron chi connectivity index (χ4n) is 3.61. The Balaban J connectivity index is 0.00000320. The van der Waals surface area contributed by atoms with Crippen molar-refractivity contribution in [1.29, 1.82) is 0 Å². The van der Waals surface area contributed by atoms with E-state index in [0.717, 1.165) is 66.3 Å². The number of aryl methyl sites for hydroxylation is 2. The van der Waals surface area contributed by atoms with Crippen molar-refractivity contribution >= 4 is 35.6 Å². The highest BCUT2D eigenvalue weighted by Crippen LogP contribution is 2.30. The minimum Gasteiger partial charge on any atom is -0.497 e. The lowest BCUT2D eigenvalue weighted by atomic mass is 10.2. The molecule has 8 heteroatoms. The summed E-state index contributed by atoms with van der Waals surface area (Å²) in [7, 11) is 3.35. The first-order chi connectivity index (χ1) is 14.0. The highest BCUT2D eigenvalue weighted by atomic mass is 127. The van der Waals surface area contributed by atoms with E-state index in [0.29, 0.717) is 12.6 Å². The number of benzene rings is 1. The zero-order valence-electron chi connectivity index (χ0n) is 18.4. The molecule has 1 aromatic carbocycles. The van der Waals surface area contributed by atoms with Crippen molar-refractivity contribution in [3.05, 3.63) is 41.3 Å². The van der Waals surface area contributed by atoms with Gasteiger partial charge in [-0.3, -0.25) is 0 Å². The molecule has 7 nitrogen and oxygen atoms in total. The molecule has 0 spiro atoms. The molecule has 1 fully saturated rings. The molecule has 0 bridgehead atoms. The quantitative estimate of drug-likeness (QED) is 0.323. The minimum atomic E-state index is 0. The van der Waals surface area contributed by atoms with Crippen molar-refractivity contribution in [2.24, 2.45) is 4.99 Å². The molecule has 1 aliphatic rings. The van der Waals surface area contributed by atoms with Crippen molar-refractivity contribution in [2.75, 3.05) is 38.8 Å². The van der Waals surface area contributed by atoms with E-state index in [9.17, 15) is 0 Å². The number of nitrogens with one attached hydrogen (secondary N) is 2. The topological polar surface area (TPSA) is 71.3 Å². The van der Waals surface area contributed by atoms with E-state index < -0.39 is 0 Å². The number of aliphatic imine (C=N–C) groups is 1. The molecular formula is C22H33IN4O3. The normalized spacial score (nSPS) is 16.2. The van der Waals surface area contributed by atoms with Crippen LogP contribution in [0.25, 0.3) is 0 Å². The van der Waals surface area contributed by atoms with E-state index in [2.05, 4.69) is 28.5 Å². The summed E-state index contributed by atoms with van der Waals surface area (Å²) < 4.78 is 16.4. The Kier molecular flexibility index (Phi) is 9.13. The largest absolute Gasteiger partial charge is 0.497 e. The standard InChI is InChI=1S/C22H32N4O3.HI/c1-6-23-22(24-13-17-9-15(2)29-16(17)3)25-18-7-8-26(14-18)19-10-20(27-4)12-21(11-19)28-5;/h9-12,18H,6-8,13-14H2,1-5H3,(H2,23,24,25);1H. The molecule has 1 aromatic heterocycles. The van der Waals surface area contributed by atoms with Crippen LogP contribution in [-0.4, -0.2) is 45.9 Å². The number of methoxy groups -OCH3 is 2. The third-order valence-electron chi connectivity index (χ3n) is 5.13. The van der Waals surface area contributed by atoms with Gasteiger partial charge < -0.3 is 29.4 Å². The second-order valence-electron chi connectivity index (χ2n) is 7.28. The number of anilines is 1. The van der Waals surface area contributed by atoms with Crippen LogP contribution in [0.2, 0.25) is 0 Å². The molecule has 0 amide bonds. The summed E-state index contributed by atoms with van der Waals surface area (Å²) in [5.74, 6) is 4.29. The molecular weight excluding hydrogens is 495 g/mol. The monoisotopic (exact) mass is 528 g/mol. The van der Waals surface area contributed by atoms with E-state index in [4.69, 9.17) is 18.9 Å². The lowest BCUT2D eigenvalue weighted by Crippen LogP contribution is -2.44. The maximum Gasteiger partial charge on any atom is 0.191 e. The molecule has 3 rings (SSSR count). The van der Waals surface area contributed by atoms with Gasteiger partial charge in [0.25, 0.3) is 0 Å². The Morgan fingerprint density at radius 2 is 1.87 bits per heavy atom. The van der Waals surface area contributed by atoms with E-state index in [1.807, 2.05) is 32.0 Å². The van der Waals surface area contributed by atoms with Gasteiger partial charge in [0, 0.05) is 55.1 Å². The van der Waals surface area contributed by atoms with Crippen molar-refractivity contribution in [1.82, 2.24) is 10.6 Å². The Labute approximate surface area is 196 Å². The van der Waals surface area contributed by atoms with Crippen LogP contribution < -0.4 is 25.0 Å². The highest BCUT2D eigenvalue weighted by Gasteiger charge is 2.24. The lowest BCUT2D eigenvalue weighted by Gasteiger charge is -2.21. The van der Waals surface area contributed by atoms with Gasteiger partial charge >= 0.3 is 0 Å². The van der Waals surface area contributed by atoms with Gasteiger partial charge in [-0.1, -0.05) is 0 Å². The van der Waals surface area contributed by atoms with Crippen LogP contribution in [0.3, 0.4) is 0 Å². The van der Waals surface area contributed by atoms with Crippen LogP contribution in [0.5, 0.6) is 11.5 Å². The summed E-state index contributed by atoms with van der Waals surface area (Å²) in [6.07, 6.45) is 1.04. The van der Waals surface area contributed by atoms with E-state index >= 15 is 0 Å². The Hall–Kier alpha value is -2.10. The Morgan fingerprint density at radius 3 is 2.43 bits per heavy atom. The van der Waals surface area contributed by atoms with Crippen LogP contribution >= 0.6 is 24.0 Å². The fraction of sp³-hybridized carbons (Fsp3) is 0.500. The molecule has 2 heterocycles. The van der Waals surface area contributed by atoms with Crippen LogP contribution in [0.4, 0.5) is 5.69 Å². The van der Waals surface area contributed by atoms with Gasteiger partial charge in [0.05, 0.1) is 20.8 Å². The van der Waals surface area contributed by atoms with Gasteiger partial charge in [0.2, 0.25) is 0 Å². The van der Waals surface area contributed by atoms with Crippen LogP contribution in [0.1, 0.15) is 30.4 Å². The summed E-state index contributed by atoms with van der Waals surface area (Å²) in [5.41, 5.74) is 2.23. The lowest BCUT2D eigenvalue weighted by molar-refractivity contribution is 0.394. The fourth-order valence-corrected chi connectivity index (χ4v) is 3.61. The molecule has 0 aliphatic carbocycles. The summed E-state index contributed by atoms with van der Waals surface area (Å²) in [4.78, 5) is 7.09. The summed E-state index contributed by atoms with van der Waals surface area (Å²) >= 11 is 0. The predicted molar refractivity (Wildman–Crippen MR) is 132 cm³/mol. The number of rotatable bonds is 7. The molecule has 1 unspecified atom stereocenters. The molecule has 2 aromatic rings. The number of halogens is 1. The Morgan fingerprint density at radius 1 is 1.17 bits per heavy atom. The average molecular weight is 528 g/mol. The molecule has 30 heavy (non-hydrogen) atoms. The third-order valence-corrected chi connectivity index (χ3v) is 5.13. The first-order valence-electron chi connectivity index (χ1n) is 10.1. The molecule has 1 atom stereocenters. The number of ether oxygens (including phenoxy) is 2. The molecule has 0 saturated carbocycles. The molecule has 1 saturated heterocycles. The van der Waals surface area contributed by atoms with Crippen LogP contribution in [0.15, 0.2) is 33.7 Å². The Bertz CT molecular complexity index is 831. The summed E-state index contributed by atoms with van der Waals surface area (Å²) in [6, 6.07) is 8.36. The maximum atomic E-state index is 5.60. The summed E-state index contributed by atoms with van der Waals surface area (Å²) in [6.45, 7) is 9.30. The van der Waals surface area contributed by atoms with Gasteiger partial charge in [-0.25, -0.2) is 4.99 Å². The number of hydrogen-bond donors (Lipinski definition) is 2. The van der Waals surface area contributed by atoms with Gasteiger partial charge in [-0.05, 0) is 33.3 Å². The van der Waals surface area contributed by atoms with Gasteiger partial charge in [-0.2, -0.15) is 0 Å².